The van der Waals surface area contributed by atoms with E-state index in [4.69, 9.17) is 20.7 Å². The third-order valence-corrected chi connectivity index (χ3v) is 3.11. The Morgan fingerprint density at radius 1 is 1.23 bits per heavy atom. The van der Waals surface area contributed by atoms with Crippen molar-refractivity contribution in [3.05, 3.63) is 0 Å². The van der Waals surface area contributed by atoms with Gasteiger partial charge in [-0.25, -0.2) is 4.79 Å². The Bertz CT molecular complexity index is 374. The van der Waals surface area contributed by atoms with E-state index >= 15 is 0 Å². The third kappa shape index (κ3) is 6.86. The van der Waals surface area contributed by atoms with E-state index < -0.39 is 24.0 Å². The van der Waals surface area contributed by atoms with E-state index in [1.54, 1.807) is 6.92 Å². The van der Waals surface area contributed by atoms with E-state index in [1.807, 2.05) is 6.92 Å². The summed E-state index contributed by atoms with van der Waals surface area (Å²) in [5.41, 5.74) is 5.38. The molecular weight excluding hydrogens is 292 g/mol. The molecule has 4 N–H and O–H groups in total. The predicted molar refractivity (Wildman–Crippen MR) is 79.0 cm³/mol. The number of carbonyl (C=O) groups is 3. The SMILES string of the molecule is CCCN(C(=O)CCC(N)C(=O)O)C(CCO)C(=O)OCC. The molecule has 0 aliphatic carbocycles. The Kier molecular flexibility index (Phi) is 10.1. The summed E-state index contributed by atoms with van der Waals surface area (Å²) in [6, 6.07) is -1.98. The highest BCUT2D eigenvalue weighted by Gasteiger charge is 2.30. The second kappa shape index (κ2) is 11.0. The summed E-state index contributed by atoms with van der Waals surface area (Å²) in [6.45, 7) is 3.76. The Morgan fingerprint density at radius 2 is 1.86 bits per heavy atom. The van der Waals surface area contributed by atoms with Gasteiger partial charge < -0.3 is 25.6 Å². The summed E-state index contributed by atoms with van der Waals surface area (Å²) in [7, 11) is 0. The zero-order valence-electron chi connectivity index (χ0n) is 13.2. The molecule has 0 aromatic rings. The molecule has 0 aromatic carbocycles. The fourth-order valence-corrected chi connectivity index (χ4v) is 2.00. The highest BCUT2D eigenvalue weighted by molar-refractivity contribution is 5.85. The number of aliphatic carboxylic acids is 1. The van der Waals surface area contributed by atoms with Crippen molar-refractivity contribution < 1.29 is 29.3 Å². The number of aliphatic hydroxyl groups is 1. The highest BCUT2D eigenvalue weighted by Crippen LogP contribution is 2.12. The van der Waals surface area contributed by atoms with Crippen molar-refractivity contribution in [2.45, 2.75) is 51.6 Å². The smallest absolute Gasteiger partial charge is 0.328 e. The van der Waals surface area contributed by atoms with Crippen LogP contribution in [-0.4, -0.2) is 64.8 Å². The molecule has 0 aliphatic heterocycles. The minimum atomic E-state index is -1.17. The molecule has 8 nitrogen and oxygen atoms in total. The van der Waals surface area contributed by atoms with Crippen LogP contribution in [0, 0.1) is 0 Å². The van der Waals surface area contributed by atoms with E-state index in [0.717, 1.165) is 0 Å². The molecule has 0 spiro atoms. The molecule has 0 heterocycles. The fourth-order valence-electron chi connectivity index (χ4n) is 2.00. The van der Waals surface area contributed by atoms with E-state index in [1.165, 1.54) is 4.90 Å². The number of esters is 1. The topological polar surface area (TPSA) is 130 Å². The van der Waals surface area contributed by atoms with Gasteiger partial charge in [-0.3, -0.25) is 9.59 Å². The molecule has 0 fully saturated rings. The first-order valence-corrected chi connectivity index (χ1v) is 7.44. The van der Waals surface area contributed by atoms with Crippen molar-refractivity contribution >= 4 is 17.8 Å². The molecule has 22 heavy (non-hydrogen) atoms. The van der Waals surface area contributed by atoms with Crippen LogP contribution in [0.4, 0.5) is 0 Å². The van der Waals surface area contributed by atoms with Gasteiger partial charge in [-0.2, -0.15) is 0 Å². The Labute approximate surface area is 130 Å². The van der Waals surface area contributed by atoms with Gasteiger partial charge in [0, 0.05) is 26.0 Å². The Hall–Kier alpha value is -1.67. The molecular formula is C14H26N2O6. The lowest BCUT2D eigenvalue weighted by Gasteiger charge is -2.30. The zero-order chi connectivity index (χ0) is 17.1. The molecule has 0 radical (unpaired) electrons. The summed E-state index contributed by atoms with van der Waals surface area (Å²) in [5.74, 6) is -2.11. The van der Waals surface area contributed by atoms with Gasteiger partial charge in [0.15, 0.2) is 0 Å². The first kappa shape index (κ1) is 20.3. The summed E-state index contributed by atoms with van der Waals surface area (Å²) in [5, 5.41) is 17.8. The zero-order valence-corrected chi connectivity index (χ0v) is 13.2. The van der Waals surface area contributed by atoms with Crippen molar-refractivity contribution in [1.82, 2.24) is 4.90 Å². The number of rotatable bonds is 11. The van der Waals surface area contributed by atoms with Crippen LogP contribution in [0.2, 0.25) is 0 Å². The monoisotopic (exact) mass is 318 g/mol. The van der Waals surface area contributed by atoms with Gasteiger partial charge >= 0.3 is 11.9 Å². The lowest BCUT2D eigenvalue weighted by molar-refractivity contribution is -0.156. The average molecular weight is 318 g/mol. The molecule has 8 heteroatoms. The van der Waals surface area contributed by atoms with Crippen LogP contribution in [0.3, 0.4) is 0 Å². The number of carboxylic acids is 1. The van der Waals surface area contributed by atoms with Gasteiger partial charge in [0.1, 0.15) is 12.1 Å². The van der Waals surface area contributed by atoms with E-state index in [0.29, 0.717) is 13.0 Å². The van der Waals surface area contributed by atoms with E-state index in [2.05, 4.69) is 0 Å². The number of hydrogen-bond donors (Lipinski definition) is 3. The summed E-state index contributed by atoms with van der Waals surface area (Å²) in [6.07, 6.45) is 0.617. The normalized spacial score (nSPS) is 13.3. The molecule has 0 saturated carbocycles. The van der Waals surface area contributed by atoms with E-state index in [-0.39, 0.29) is 38.4 Å². The summed E-state index contributed by atoms with van der Waals surface area (Å²) < 4.78 is 4.94. The number of hydrogen-bond acceptors (Lipinski definition) is 6. The standard InChI is InChI=1S/C14H26N2O6/c1-3-8-16(11(7-9-17)14(21)22-4-2)12(18)6-5-10(15)13(19)20/h10-11,17H,3-9,15H2,1-2H3,(H,19,20). The third-order valence-electron chi connectivity index (χ3n) is 3.11. The van der Waals surface area contributed by atoms with Crippen molar-refractivity contribution in [3.8, 4) is 0 Å². The van der Waals surface area contributed by atoms with Crippen LogP contribution >= 0.6 is 0 Å². The van der Waals surface area contributed by atoms with Gasteiger partial charge in [-0.15, -0.1) is 0 Å². The van der Waals surface area contributed by atoms with Crippen molar-refractivity contribution in [3.63, 3.8) is 0 Å². The second-order valence-electron chi connectivity index (χ2n) is 4.85. The van der Waals surface area contributed by atoms with Crippen LogP contribution in [0.15, 0.2) is 0 Å². The Morgan fingerprint density at radius 3 is 2.32 bits per heavy atom. The minimum absolute atomic E-state index is 0.0109. The summed E-state index contributed by atoms with van der Waals surface area (Å²) in [4.78, 5) is 36.2. The molecule has 0 bridgehead atoms. The molecule has 2 unspecified atom stereocenters. The van der Waals surface area contributed by atoms with Crippen LogP contribution in [0.25, 0.3) is 0 Å². The Balaban J connectivity index is 4.92. The van der Waals surface area contributed by atoms with Crippen LogP contribution in [0.1, 0.15) is 39.5 Å². The number of ether oxygens (including phenoxy) is 1. The second-order valence-corrected chi connectivity index (χ2v) is 4.85. The van der Waals surface area contributed by atoms with Gasteiger partial charge in [0.2, 0.25) is 5.91 Å². The quantitative estimate of drug-likeness (QED) is 0.447. The number of amides is 1. The van der Waals surface area contributed by atoms with Crippen LogP contribution in [-0.2, 0) is 19.1 Å². The molecule has 2 atom stereocenters. The largest absolute Gasteiger partial charge is 0.480 e. The molecule has 0 rings (SSSR count). The number of carboxylic acid groups (broad SMARTS) is 1. The molecule has 1 amide bonds. The predicted octanol–water partition coefficient (Wildman–Crippen LogP) is -0.269. The van der Waals surface area contributed by atoms with Crippen molar-refractivity contribution in [2.75, 3.05) is 19.8 Å². The highest BCUT2D eigenvalue weighted by atomic mass is 16.5. The molecule has 0 aromatic heterocycles. The van der Waals surface area contributed by atoms with Gasteiger partial charge in [0.25, 0.3) is 0 Å². The molecule has 0 aliphatic rings. The first-order valence-electron chi connectivity index (χ1n) is 7.44. The number of nitrogens with two attached hydrogens (primary N) is 1. The molecule has 0 saturated heterocycles. The van der Waals surface area contributed by atoms with Crippen molar-refractivity contribution in [1.29, 1.82) is 0 Å². The number of carbonyl (C=O) groups excluding carboxylic acids is 2. The number of aliphatic hydroxyl groups excluding tert-OH is 1. The van der Waals surface area contributed by atoms with Gasteiger partial charge in [-0.05, 0) is 19.8 Å². The van der Waals surface area contributed by atoms with Crippen LogP contribution in [0.5, 0.6) is 0 Å². The van der Waals surface area contributed by atoms with Crippen molar-refractivity contribution in [2.24, 2.45) is 5.73 Å². The summed E-state index contributed by atoms with van der Waals surface area (Å²) >= 11 is 0. The number of nitrogens with zero attached hydrogens (tertiary/aromatic N) is 1. The lowest BCUT2D eigenvalue weighted by atomic mass is 10.1. The average Bonchev–Trinajstić information content (AvgIpc) is 2.48. The maximum Gasteiger partial charge on any atom is 0.328 e. The van der Waals surface area contributed by atoms with Crippen LogP contribution < -0.4 is 5.73 Å². The molecule has 128 valence electrons. The minimum Gasteiger partial charge on any atom is -0.480 e. The first-order chi connectivity index (χ1) is 10.4. The maximum atomic E-state index is 12.3. The van der Waals surface area contributed by atoms with Gasteiger partial charge in [-0.1, -0.05) is 6.92 Å². The van der Waals surface area contributed by atoms with Gasteiger partial charge in [0.05, 0.1) is 6.61 Å². The lowest BCUT2D eigenvalue weighted by Crippen LogP contribution is -2.47. The van der Waals surface area contributed by atoms with E-state index in [9.17, 15) is 14.4 Å². The fraction of sp³-hybridized carbons (Fsp3) is 0.786. The maximum absolute atomic E-state index is 12.3.